The molecule has 0 aliphatic rings. The van der Waals surface area contributed by atoms with Crippen molar-refractivity contribution in [3.05, 3.63) is 34.9 Å². The molecule has 1 atom stereocenters. The fourth-order valence-corrected chi connectivity index (χ4v) is 1.52. The summed E-state index contributed by atoms with van der Waals surface area (Å²) in [4.78, 5) is 0. The van der Waals surface area contributed by atoms with Crippen LogP contribution in [-0.4, -0.2) is 13.1 Å². The van der Waals surface area contributed by atoms with Crippen LogP contribution in [0, 0.1) is 18.6 Å². The zero-order valence-electron chi connectivity index (χ0n) is 9.69. The second-order valence-corrected chi connectivity index (χ2v) is 3.94. The number of rotatable bonds is 5. The van der Waals surface area contributed by atoms with Crippen molar-refractivity contribution in [2.45, 2.75) is 26.3 Å². The van der Waals surface area contributed by atoms with Gasteiger partial charge in [-0.1, -0.05) is 0 Å². The second-order valence-electron chi connectivity index (χ2n) is 3.94. The van der Waals surface area contributed by atoms with E-state index in [9.17, 15) is 8.78 Å². The van der Waals surface area contributed by atoms with Gasteiger partial charge in [0.1, 0.15) is 11.6 Å². The van der Waals surface area contributed by atoms with Crippen LogP contribution in [0.2, 0.25) is 0 Å². The number of nitrogens with two attached hydrogens (primary N) is 1. The highest BCUT2D eigenvalue weighted by atomic mass is 19.1. The third kappa shape index (κ3) is 3.25. The SMILES string of the molecule is Cc1cc(F)c(C(C)NCCCN)cc1F. The van der Waals surface area contributed by atoms with Crippen molar-refractivity contribution in [3.63, 3.8) is 0 Å². The van der Waals surface area contributed by atoms with Crippen molar-refractivity contribution in [1.82, 2.24) is 5.32 Å². The highest BCUT2D eigenvalue weighted by molar-refractivity contribution is 5.27. The van der Waals surface area contributed by atoms with Crippen LogP contribution in [0.1, 0.15) is 30.5 Å². The Labute approximate surface area is 94.8 Å². The Morgan fingerprint density at radius 3 is 2.62 bits per heavy atom. The lowest BCUT2D eigenvalue weighted by atomic mass is 10.0. The van der Waals surface area contributed by atoms with Gasteiger partial charge in [0.15, 0.2) is 0 Å². The van der Waals surface area contributed by atoms with Crippen LogP contribution >= 0.6 is 0 Å². The first-order valence-corrected chi connectivity index (χ1v) is 5.45. The molecule has 16 heavy (non-hydrogen) atoms. The summed E-state index contributed by atoms with van der Waals surface area (Å²) in [6.45, 7) is 4.65. The van der Waals surface area contributed by atoms with Crippen LogP contribution in [0.25, 0.3) is 0 Å². The van der Waals surface area contributed by atoms with Crippen molar-refractivity contribution in [3.8, 4) is 0 Å². The zero-order chi connectivity index (χ0) is 12.1. The number of hydrogen-bond donors (Lipinski definition) is 2. The Hall–Kier alpha value is -1.00. The van der Waals surface area contributed by atoms with Gasteiger partial charge in [-0.3, -0.25) is 0 Å². The van der Waals surface area contributed by atoms with Gasteiger partial charge in [0, 0.05) is 11.6 Å². The zero-order valence-corrected chi connectivity index (χ0v) is 9.69. The molecule has 1 aromatic rings. The summed E-state index contributed by atoms with van der Waals surface area (Å²) in [5, 5.41) is 3.10. The van der Waals surface area contributed by atoms with Gasteiger partial charge in [0.25, 0.3) is 0 Å². The van der Waals surface area contributed by atoms with Gasteiger partial charge in [-0.15, -0.1) is 0 Å². The maximum atomic E-state index is 13.6. The van der Waals surface area contributed by atoms with Crippen LogP contribution < -0.4 is 11.1 Å². The number of halogens is 2. The molecule has 0 spiro atoms. The van der Waals surface area contributed by atoms with E-state index in [2.05, 4.69) is 5.32 Å². The van der Waals surface area contributed by atoms with Crippen LogP contribution in [0.3, 0.4) is 0 Å². The Morgan fingerprint density at radius 1 is 1.31 bits per heavy atom. The number of hydrogen-bond acceptors (Lipinski definition) is 2. The molecule has 3 N–H and O–H groups in total. The molecule has 0 saturated heterocycles. The Balaban J connectivity index is 2.75. The number of nitrogens with one attached hydrogen (secondary N) is 1. The first-order chi connectivity index (χ1) is 7.56. The van der Waals surface area contributed by atoms with Crippen molar-refractivity contribution in [1.29, 1.82) is 0 Å². The molecule has 0 aromatic heterocycles. The molecular formula is C12H18F2N2. The fourth-order valence-electron chi connectivity index (χ4n) is 1.52. The molecule has 4 heteroatoms. The second kappa shape index (κ2) is 5.92. The largest absolute Gasteiger partial charge is 0.330 e. The van der Waals surface area contributed by atoms with Gasteiger partial charge in [0.2, 0.25) is 0 Å². The quantitative estimate of drug-likeness (QED) is 0.759. The summed E-state index contributed by atoms with van der Waals surface area (Å²) < 4.78 is 26.9. The lowest BCUT2D eigenvalue weighted by molar-refractivity contribution is 0.512. The average molecular weight is 228 g/mol. The van der Waals surface area contributed by atoms with E-state index in [4.69, 9.17) is 5.73 Å². The summed E-state index contributed by atoms with van der Waals surface area (Å²) in [5.74, 6) is -0.740. The van der Waals surface area contributed by atoms with Gasteiger partial charge < -0.3 is 11.1 Å². The van der Waals surface area contributed by atoms with Gasteiger partial charge >= 0.3 is 0 Å². The predicted molar refractivity (Wildman–Crippen MR) is 61.2 cm³/mol. The van der Waals surface area contributed by atoms with Crippen LogP contribution in [-0.2, 0) is 0 Å². The third-order valence-electron chi connectivity index (χ3n) is 2.58. The molecule has 1 rings (SSSR count). The lowest BCUT2D eigenvalue weighted by Crippen LogP contribution is -2.22. The Morgan fingerprint density at radius 2 is 2.00 bits per heavy atom. The normalized spacial score (nSPS) is 12.8. The molecule has 0 heterocycles. The first kappa shape index (κ1) is 13.1. The molecule has 0 aliphatic carbocycles. The van der Waals surface area contributed by atoms with Crippen molar-refractivity contribution in [2.75, 3.05) is 13.1 Å². The molecule has 0 bridgehead atoms. The smallest absolute Gasteiger partial charge is 0.128 e. The maximum Gasteiger partial charge on any atom is 0.128 e. The van der Waals surface area contributed by atoms with Gasteiger partial charge in [0.05, 0.1) is 0 Å². The molecule has 1 aromatic carbocycles. The number of aryl methyl sites for hydroxylation is 1. The minimum absolute atomic E-state index is 0.207. The van der Waals surface area contributed by atoms with E-state index in [0.29, 0.717) is 24.2 Å². The van der Waals surface area contributed by atoms with Gasteiger partial charge in [-0.25, -0.2) is 8.78 Å². The Kier molecular flexibility index (Phi) is 4.83. The monoisotopic (exact) mass is 228 g/mol. The molecule has 0 radical (unpaired) electrons. The lowest BCUT2D eigenvalue weighted by Gasteiger charge is -2.15. The minimum atomic E-state index is -0.371. The van der Waals surface area contributed by atoms with E-state index in [0.717, 1.165) is 6.42 Å². The topological polar surface area (TPSA) is 38.0 Å². The van der Waals surface area contributed by atoms with Crippen LogP contribution in [0.15, 0.2) is 12.1 Å². The van der Waals surface area contributed by atoms with E-state index < -0.39 is 0 Å². The van der Waals surface area contributed by atoms with E-state index in [-0.39, 0.29) is 17.7 Å². The van der Waals surface area contributed by atoms with E-state index in [1.54, 1.807) is 6.92 Å². The highest BCUT2D eigenvalue weighted by Gasteiger charge is 2.12. The first-order valence-electron chi connectivity index (χ1n) is 5.45. The summed E-state index contributed by atoms with van der Waals surface area (Å²) in [6, 6.07) is 2.28. The highest BCUT2D eigenvalue weighted by Crippen LogP contribution is 2.20. The van der Waals surface area contributed by atoms with Crippen molar-refractivity contribution in [2.24, 2.45) is 5.73 Å². The molecule has 90 valence electrons. The Bertz CT molecular complexity index is 353. The summed E-state index contributed by atoms with van der Waals surface area (Å²) in [6.07, 6.45) is 0.820. The van der Waals surface area contributed by atoms with E-state index in [1.165, 1.54) is 12.1 Å². The van der Waals surface area contributed by atoms with Gasteiger partial charge in [-0.2, -0.15) is 0 Å². The molecule has 1 unspecified atom stereocenters. The van der Waals surface area contributed by atoms with E-state index in [1.807, 2.05) is 6.92 Å². The van der Waals surface area contributed by atoms with Crippen molar-refractivity contribution < 1.29 is 8.78 Å². The minimum Gasteiger partial charge on any atom is -0.330 e. The van der Waals surface area contributed by atoms with E-state index >= 15 is 0 Å². The number of benzene rings is 1. The summed E-state index contributed by atoms with van der Waals surface area (Å²) >= 11 is 0. The van der Waals surface area contributed by atoms with Crippen LogP contribution in [0.4, 0.5) is 8.78 Å². The molecule has 0 amide bonds. The molecule has 2 nitrogen and oxygen atoms in total. The standard InChI is InChI=1S/C12H18F2N2/c1-8-6-12(14)10(7-11(8)13)9(2)16-5-3-4-15/h6-7,9,16H,3-5,15H2,1-2H3. The van der Waals surface area contributed by atoms with Gasteiger partial charge in [-0.05, 0) is 51.1 Å². The molecule has 0 aliphatic heterocycles. The molecule has 0 saturated carbocycles. The molecular weight excluding hydrogens is 210 g/mol. The average Bonchev–Trinajstić information content (AvgIpc) is 2.23. The summed E-state index contributed by atoms with van der Waals surface area (Å²) in [7, 11) is 0. The van der Waals surface area contributed by atoms with Crippen LogP contribution in [0.5, 0.6) is 0 Å². The molecule has 0 fully saturated rings. The summed E-state index contributed by atoms with van der Waals surface area (Å²) in [5.41, 5.74) is 6.04. The fraction of sp³-hybridized carbons (Fsp3) is 0.500. The van der Waals surface area contributed by atoms with Crippen molar-refractivity contribution >= 4 is 0 Å². The maximum absolute atomic E-state index is 13.6. The third-order valence-corrected chi connectivity index (χ3v) is 2.58. The predicted octanol–water partition coefficient (Wildman–Crippen LogP) is 2.27.